The van der Waals surface area contributed by atoms with Crippen molar-refractivity contribution in [2.24, 2.45) is 0 Å². The third-order valence-corrected chi connectivity index (χ3v) is 5.81. The standard InChI is InChI=1S/C15H12.C12H18.C5H12.C4H8.C4H10.C3H8.CH4/c1-3-13-5-4-6-15(11-13)14-9-7-12(2)8-10-14;1-9-6-7-11(10(2)8-9)12(3,4)5;1-3-5-4-2;1-4(2)3;1-3-4-2;1-3-2;/h1,4-11H,2H3;6-8H,1-5H3;3-5H2,1-2H3;1H2,2-3H3;3-4H2,1-2H3;3H2,1-2H3;1H4. The highest BCUT2D eigenvalue weighted by molar-refractivity contribution is 5.65. The van der Waals surface area contributed by atoms with Gasteiger partial charge in [0.15, 0.2) is 0 Å². The maximum Gasteiger partial charge on any atom is 0.0248 e. The van der Waals surface area contributed by atoms with Crippen molar-refractivity contribution >= 4 is 0 Å². The second kappa shape index (κ2) is 30.0. The molecule has 0 atom stereocenters. The van der Waals surface area contributed by atoms with E-state index in [-0.39, 0.29) is 12.8 Å². The van der Waals surface area contributed by atoms with Gasteiger partial charge in [0.1, 0.15) is 0 Å². The summed E-state index contributed by atoms with van der Waals surface area (Å²) in [5, 5.41) is 0. The Kier molecular flexibility index (Phi) is 32.7. The van der Waals surface area contributed by atoms with Crippen molar-refractivity contribution in [3.63, 3.8) is 0 Å². The SMILES string of the molecule is C.C#Cc1cccc(-c2ccc(C)cc2)c1.C=C(C)C.CCC.CCCC.CCCCC.Cc1ccc(C(C)(C)C)c(C)c1. The molecule has 0 saturated carbocycles. The first-order chi connectivity index (χ1) is 20.2. The van der Waals surface area contributed by atoms with Gasteiger partial charge in [0, 0.05) is 5.56 Å². The van der Waals surface area contributed by atoms with Gasteiger partial charge >= 0.3 is 0 Å². The minimum atomic E-state index is 0. The Labute approximate surface area is 277 Å². The van der Waals surface area contributed by atoms with Gasteiger partial charge < -0.3 is 0 Å². The molecule has 0 radical (unpaired) electrons. The Morgan fingerprint density at radius 1 is 0.682 bits per heavy atom. The van der Waals surface area contributed by atoms with Crippen LogP contribution in [-0.2, 0) is 5.41 Å². The second-order valence-corrected chi connectivity index (χ2v) is 12.4. The predicted molar refractivity (Wildman–Crippen MR) is 208 cm³/mol. The first kappa shape index (κ1) is 47.9. The Morgan fingerprint density at radius 2 is 1.14 bits per heavy atom. The lowest BCUT2D eigenvalue weighted by molar-refractivity contribution is 0.586. The summed E-state index contributed by atoms with van der Waals surface area (Å²) in [6, 6.07) is 23.2. The maximum absolute atomic E-state index is 5.37. The van der Waals surface area contributed by atoms with Gasteiger partial charge in [-0.3, -0.25) is 0 Å². The van der Waals surface area contributed by atoms with Gasteiger partial charge in [-0.2, -0.15) is 0 Å². The van der Waals surface area contributed by atoms with Crippen molar-refractivity contribution in [1.82, 2.24) is 0 Å². The lowest BCUT2D eigenvalue weighted by atomic mass is 9.84. The zero-order valence-corrected chi connectivity index (χ0v) is 30.9. The van der Waals surface area contributed by atoms with E-state index in [1.807, 2.05) is 32.0 Å². The van der Waals surface area contributed by atoms with Crippen LogP contribution < -0.4 is 0 Å². The lowest BCUT2D eigenvalue weighted by Crippen LogP contribution is -2.12. The van der Waals surface area contributed by atoms with E-state index in [9.17, 15) is 0 Å². The Bertz CT molecular complexity index is 1110. The monoisotopic (exact) mass is 601 g/mol. The summed E-state index contributed by atoms with van der Waals surface area (Å²) >= 11 is 0. The number of rotatable bonds is 4. The molecular weight excluding hydrogens is 528 g/mol. The molecule has 0 amide bonds. The summed E-state index contributed by atoms with van der Waals surface area (Å²) in [6.07, 6.45) is 13.3. The molecule has 0 heterocycles. The molecule has 0 saturated heterocycles. The Hall–Kier alpha value is -3.04. The summed E-state index contributed by atoms with van der Waals surface area (Å²) in [5.74, 6) is 2.65. The van der Waals surface area contributed by atoms with Crippen LogP contribution >= 0.6 is 0 Å². The fourth-order valence-electron chi connectivity index (χ4n) is 3.54. The summed E-state index contributed by atoms with van der Waals surface area (Å²) in [7, 11) is 0. The van der Waals surface area contributed by atoms with E-state index in [0.29, 0.717) is 0 Å². The van der Waals surface area contributed by atoms with Gasteiger partial charge in [0.2, 0.25) is 0 Å². The number of hydrogen-bond donors (Lipinski definition) is 0. The second-order valence-electron chi connectivity index (χ2n) is 12.4. The van der Waals surface area contributed by atoms with Crippen molar-refractivity contribution in [3.05, 3.63) is 107 Å². The van der Waals surface area contributed by atoms with Gasteiger partial charge in [0.25, 0.3) is 0 Å². The smallest absolute Gasteiger partial charge is 0.0248 e. The molecule has 0 spiro atoms. The van der Waals surface area contributed by atoms with Crippen LogP contribution in [0.15, 0.2) is 78.9 Å². The summed E-state index contributed by atoms with van der Waals surface area (Å²) in [5.41, 5.74) is 10.2. The number of benzene rings is 3. The van der Waals surface area contributed by atoms with E-state index in [2.05, 4.69) is 144 Å². The minimum Gasteiger partial charge on any atom is -0.115 e. The molecule has 0 nitrogen and oxygen atoms in total. The van der Waals surface area contributed by atoms with Crippen LogP contribution in [0.5, 0.6) is 0 Å². The average Bonchev–Trinajstić information content (AvgIpc) is 2.94. The van der Waals surface area contributed by atoms with Crippen LogP contribution in [0, 0.1) is 33.1 Å². The van der Waals surface area contributed by atoms with Crippen molar-refractivity contribution in [2.75, 3.05) is 0 Å². The third kappa shape index (κ3) is 27.8. The molecule has 0 aromatic heterocycles. The van der Waals surface area contributed by atoms with Gasteiger partial charge in [-0.25, -0.2) is 0 Å². The molecular formula is C44H72. The van der Waals surface area contributed by atoms with Gasteiger partial charge in [-0.05, 0) is 74.4 Å². The molecule has 0 fully saturated rings. The van der Waals surface area contributed by atoms with Crippen molar-refractivity contribution in [1.29, 1.82) is 0 Å². The van der Waals surface area contributed by atoms with E-state index in [0.717, 1.165) is 5.56 Å². The summed E-state index contributed by atoms with van der Waals surface area (Å²) in [4.78, 5) is 0. The normalized spacial score (nSPS) is 9.11. The molecule has 0 bridgehead atoms. The molecule has 0 aliphatic carbocycles. The van der Waals surface area contributed by atoms with Crippen LogP contribution in [-0.4, -0.2) is 0 Å². The molecule has 3 rings (SSSR count). The van der Waals surface area contributed by atoms with E-state index in [4.69, 9.17) is 6.42 Å². The van der Waals surface area contributed by atoms with E-state index in [1.165, 1.54) is 77.5 Å². The largest absolute Gasteiger partial charge is 0.115 e. The number of unbranched alkanes of at least 4 members (excludes halogenated alkanes) is 3. The van der Waals surface area contributed by atoms with Gasteiger partial charge in [-0.1, -0.05) is 185 Å². The first-order valence-corrected chi connectivity index (χ1v) is 16.5. The third-order valence-electron chi connectivity index (χ3n) is 5.81. The molecule has 0 aliphatic heterocycles. The number of terminal acetylenes is 1. The fraction of sp³-hybridized carbons (Fsp3) is 0.500. The van der Waals surface area contributed by atoms with Crippen LogP contribution in [0.1, 0.15) is 150 Å². The van der Waals surface area contributed by atoms with Gasteiger partial charge in [0.05, 0.1) is 0 Å². The van der Waals surface area contributed by atoms with Crippen molar-refractivity contribution in [2.45, 2.75) is 148 Å². The quantitative estimate of drug-likeness (QED) is 0.206. The summed E-state index contributed by atoms with van der Waals surface area (Å²) < 4.78 is 0. The Balaban J connectivity index is -0.000000246. The van der Waals surface area contributed by atoms with Crippen LogP contribution in [0.2, 0.25) is 0 Å². The topological polar surface area (TPSA) is 0 Å². The highest BCUT2D eigenvalue weighted by Gasteiger charge is 2.15. The number of aryl methyl sites for hydroxylation is 3. The Morgan fingerprint density at radius 3 is 1.48 bits per heavy atom. The van der Waals surface area contributed by atoms with E-state index in [1.54, 1.807) is 0 Å². The molecule has 3 aromatic rings. The molecule has 0 unspecified atom stereocenters. The minimum absolute atomic E-state index is 0. The number of hydrogen-bond acceptors (Lipinski definition) is 0. The molecule has 0 N–H and O–H groups in total. The zero-order valence-electron chi connectivity index (χ0n) is 30.9. The van der Waals surface area contributed by atoms with Crippen molar-refractivity contribution in [3.8, 4) is 23.5 Å². The average molecular weight is 601 g/mol. The van der Waals surface area contributed by atoms with Crippen LogP contribution in [0.3, 0.4) is 0 Å². The first-order valence-electron chi connectivity index (χ1n) is 16.5. The molecule has 0 heteroatoms. The summed E-state index contributed by atoms with van der Waals surface area (Å²) in [6.45, 7) is 33.7. The molecule has 248 valence electrons. The highest BCUT2D eigenvalue weighted by atomic mass is 14.2. The fourth-order valence-corrected chi connectivity index (χ4v) is 3.54. The van der Waals surface area contributed by atoms with Crippen molar-refractivity contribution < 1.29 is 0 Å². The van der Waals surface area contributed by atoms with E-state index >= 15 is 0 Å². The van der Waals surface area contributed by atoms with Crippen LogP contribution in [0.4, 0.5) is 0 Å². The predicted octanol–water partition coefficient (Wildman–Crippen LogP) is 14.9. The van der Waals surface area contributed by atoms with Crippen LogP contribution in [0.25, 0.3) is 11.1 Å². The maximum atomic E-state index is 5.37. The van der Waals surface area contributed by atoms with E-state index < -0.39 is 0 Å². The molecule has 44 heavy (non-hydrogen) atoms. The zero-order chi connectivity index (χ0) is 33.8. The van der Waals surface area contributed by atoms with Gasteiger partial charge in [-0.15, -0.1) is 13.0 Å². The molecule has 0 aliphatic rings. The lowest BCUT2D eigenvalue weighted by Gasteiger charge is -2.21. The highest BCUT2D eigenvalue weighted by Crippen LogP contribution is 2.25. The number of allylic oxidation sites excluding steroid dienone is 1. The molecule has 3 aromatic carbocycles.